The molecular formula is C27H31N7. The largest absolute Gasteiger partial charge is 0.356 e. The smallest absolute Gasteiger partial charge is 0.160 e. The van der Waals surface area contributed by atoms with E-state index >= 15 is 0 Å². The zero-order chi connectivity index (χ0) is 23.7. The number of aromatic nitrogens is 3. The van der Waals surface area contributed by atoms with Gasteiger partial charge in [0.25, 0.3) is 0 Å². The molecule has 0 bridgehead atoms. The monoisotopic (exact) mass is 453 g/mol. The van der Waals surface area contributed by atoms with Crippen LogP contribution >= 0.6 is 0 Å². The lowest BCUT2D eigenvalue weighted by Gasteiger charge is -2.26. The molecule has 0 radical (unpaired) electrons. The van der Waals surface area contributed by atoms with E-state index in [2.05, 4.69) is 56.6 Å². The van der Waals surface area contributed by atoms with Crippen LogP contribution in [0.1, 0.15) is 32.3 Å². The zero-order valence-corrected chi connectivity index (χ0v) is 20.1. The van der Waals surface area contributed by atoms with Crippen LogP contribution in [0.2, 0.25) is 0 Å². The van der Waals surface area contributed by atoms with Crippen molar-refractivity contribution in [2.45, 2.75) is 33.6 Å². The minimum absolute atomic E-state index is 0.318. The quantitative estimate of drug-likeness (QED) is 0.544. The lowest BCUT2D eigenvalue weighted by Crippen LogP contribution is -2.28. The standard InChI is InChI=1S/C27H31N7/c1-19-6-9-24(30-17-19)31-20(2)34-14-5-12-28-23-8-7-22(32-26(23)34)21-10-13-29-25(16-21)33-15-11-27(3,4)18-33/h6-10,12-13,16-17H,2,5,11,14-15,18H2,1,3-4H3,(H,30,31). The highest BCUT2D eigenvalue weighted by Crippen LogP contribution is 2.36. The number of anilines is 3. The summed E-state index contributed by atoms with van der Waals surface area (Å²) in [6.07, 6.45) is 7.64. The van der Waals surface area contributed by atoms with Crippen molar-refractivity contribution in [3.8, 4) is 11.3 Å². The molecule has 7 heteroatoms. The van der Waals surface area contributed by atoms with Crippen LogP contribution in [0.25, 0.3) is 11.3 Å². The summed E-state index contributed by atoms with van der Waals surface area (Å²) >= 11 is 0. The molecule has 1 N–H and O–H groups in total. The van der Waals surface area contributed by atoms with Crippen LogP contribution in [-0.2, 0) is 0 Å². The summed E-state index contributed by atoms with van der Waals surface area (Å²) in [6.45, 7) is 13.7. The van der Waals surface area contributed by atoms with Gasteiger partial charge in [0.1, 0.15) is 23.1 Å². The summed E-state index contributed by atoms with van der Waals surface area (Å²) in [4.78, 5) is 23.2. The fourth-order valence-electron chi connectivity index (χ4n) is 4.44. The van der Waals surface area contributed by atoms with Crippen molar-refractivity contribution in [2.75, 3.05) is 34.8 Å². The van der Waals surface area contributed by atoms with E-state index in [0.29, 0.717) is 5.41 Å². The van der Waals surface area contributed by atoms with Gasteiger partial charge in [-0.15, -0.1) is 0 Å². The van der Waals surface area contributed by atoms with Crippen LogP contribution in [0.3, 0.4) is 0 Å². The Bertz CT molecular complexity index is 1230. The van der Waals surface area contributed by atoms with E-state index in [4.69, 9.17) is 4.98 Å². The number of rotatable bonds is 5. The third-order valence-electron chi connectivity index (χ3n) is 6.37. The van der Waals surface area contributed by atoms with Crippen molar-refractivity contribution in [3.05, 3.63) is 66.8 Å². The van der Waals surface area contributed by atoms with Gasteiger partial charge in [-0.05, 0) is 54.7 Å². The maximum absolute atomic E-state index is 5.04. The highest BCUT2D eigenvalue weighted by molar-refractivity contribution is 5.78. The van der Waals surface area contributed by atoms with Gasteiger partial charge in [-0.3, -0.25) is 4.99 Å². The summed E-state index contributed by atoms with van der Waals surface area (Å²) in [7, 11) is 0. The molecular weight excluding hydrogens is 422 g/mol. The zero-order valence-electron chi connectivity index (χ0n) is 20.1. The number of nitrogens with zero attached hydrogens (tertiary/aromatic N) is 6. The average Bonchev–Trinajstić information content (AvgIpc) is 3.07. The molecule has 0 unspecified atom stereocenters. The molecule has 7 nitrogen and oxygen atoms in total. The fraction of sp³-hybridized carbons (Fsp3) is 0.333. The van der Waals surface area contributed by atoms with Crippen molar-refractivity contribution in [1.82, 2.24) is 15.0 Å². The second-order valence-electron chi connectivity index (χ2n) is 9.82. The molecule has 0 atom stereocenters. The molecule has 0 aliphatic carbocycles. The molecule has 2 aliphatic heterocycles. The van der Waals surface area contributed by atoms with Gasteiger partial charge in [0.05, 0.1) is 5.69 Å². The van der Waals surface area contributed by atoms with Crippen LogP contribution < -0.4 is 15.1 Å². The Balaban J connectivity index is 1.44. The highest BCUT2D eigenvalue weighted by atomic mass is 15.3. The second kappa shape index (κ2) is 8.89. The summed E-state index contributed by atoms with van der Waals surface area (Å²) in [5.74, 6) is 3.27. The number of nitrogens with one attached hydrogen (secondary N) is 1. The van der Waals surface area contributed by atoms with Gasteiger partial charge < -0.3 is 15.1 Å². The van der Waals surface area contributed by atoms with Gasteiger partial charge >= 0.3 is 0 Å². The Morgan fingerprint density at radius 1 is 1.09 bits per heavy atom. The molecule has 1 fully saturated rings. The molecule has 34 heavy (non-hydrogen) atoms. The van der Waals surface area contributed by atoms with E-state index in [-0.39, 0.29) is 0 Å². The molecule has 5 heterocycles. The number of hydrogen-bond acceptors (Lipinski definition) is 7. The number of fused-ring (bicyclic) bond motifs is 1. The molecule has 0 amide bonds. The Labute approximate surface area is 201 Å². The highest BCUT2D eigenvalue weighted by Gasteiger charge is 2.30. The van der Waals surface area contributed by atoms with E-state index < -0.39 is 0 Å². The first kappa shape index (κ1) is 22.1. The lowest BCUT2D eigenvalue weighted by atomic mass is 9.93. The summed E-state index contributed by atoms with van der Waals surface area (Å²) in [6, 6.07) is 12.2. The Morgan fingerprint density at radius 2 is 1.97 bits per heavy atom. The van der Waals surface area contributed by atoms with Crippen LogP contribution in [0, 0.1) is 12.3 Å². The predicted octanol–water partition coefficient (Wildman–Crippen LogP) is 5.58. The van der Waals surface area contributed by atoms with E-state index in [9.17, 15) is 0 Å². The van der Waals surface area contributed by atoms with Gasteiger partial charge in [0.15, 0.2) is 5.82 Å². The average molecular weight is 454 g/mol. The Morgan fingerprint density at radius 3 is 2.74 bits per heavy atom. The SMILES string of the molecule is C=C(Nc1ccc(C)cn1)N1CCC=Nc2ccc(-c3ccnc(N4CCC(C)(C)C4)c3)nc21. The number of aryl methyl sites for hydroxylation is 1. The molecule has 3 aromatic heterocycles. The second-order valence-corrected chi connectivity index (χ2v) is 9.82. The molecule has 0 aromatic carbocycles. The van der Waals surface area contributed by atoms with Crippen molar-refractivity contribution >= 4 is 29.4 Å². The first-order valence-electron chi connectivity index (χ1n) is 11.8. The van der Waals surface area contributed by atoms with E-state index in [1.165, 1.54) is 6.42 Å². The van der Waals surface area contributed by atoms with Gasteiger partial charge in [-0.25, -0.2) is 15.0 Å². The van der Waals surface area contributed by atoms with Crippen molar-refractivity contribution in [1.29, 1.82) is 0 Å². The minimum Gasteiger partial charge on any atom is -0.356 e. The van der Waals surface area contributed by atoms with Gasteiger partial charge in [0, 0.05) is 50.2 Å². The summed E-state index contributed by atoms with van der Waals surface area (Å²) in [5, 5.41) is 3.33. The van der Waals surface area contributed by atoms with Gasteiger partial charge in [0.2, 0.25) is 0 Å². The first-order chi connectivity index (χ1) is 16.4. The Hall–Kier alpha value is -3.74. The topological polar surface area (TPSA) is 69.5 Å². The molecule has 2 aliphatic rings. The van der Waals surface area contributed by atoms with E-state index in [1.807, 2.05) is 55.9 Å². The fourth-order valence-corrected chi connectivity index (χ4v) is 4.44. The number of aliphatic imine (C=N–C) groups is 1. The lowest BCUT2D eigenvalue weighted by molar-refractivity contribution is 0.418. The molecule has 1 saturated heterocycles. The van der Waals surface area contributed by atoms with Crippen molar-refractivity contribution in [3.63, 3.8) is 0 Å². The molecule has 174 valence electrons. The third kappa shape index (κ3) is 4.64. The maximum atomic E-state index is 5.04. The summed E-state index contributed by atoms with van der Waals surface area (Å²) < 4.78 is 0. The predicted molar refractivity (Wildman–Crippen MR) is 140 cm³/mol. The van der Waals surface area contributed by atoms with Crippen LogP contribution in [0.4, 0.5) is 23.1 Å². The third-order valence-corrected chi connectivity index (χ3v) is 6.37. The van der Waals surface area contributed by atoms with Crippen LogP contribution in [0.5, 0.6) is 0 Å². The van der Waals surface area contributed by atoms with Crippen molar-refractivity contribution < 1.29 is 0 Å². The van der Waals surface area contributed by atoms with E-state index in [1.54, 1.807) is 0 Å². The molecule has 3 aromatic rings. The van der Waals surface area contributed by atoms with Crippen LogP contribution in [0.15, 0.2) is 66.2 Å². The summed E-state index contributed by atoms with van der Waals surface area (Å²) in [5.41, 5.74) is 4.20. The number of pyridine rings is 3. The minimum atomic E-state index is 0.318. The van der Waals surface area contributed by atoms with Crippen LogP contribution in [-0.4, -0.2) is 40.8 Å². The Kier molecular flexibility index (Phi) is 5.77. The molecule has 5 rings (SSSR count). The normalized spacial score (nSPS) is 16.8. The maximum Gasteiger partial charge on any atom is 0.160 e. The first-order valence-corrected chi connectivity index (χ1v) is 11.8. The van der Waals surface area contributed by atoms with Crippen molar-refractivity contribution in [2.24, 2.45) is 10.4 Å². The molecule has 0 spiro atoms. The van der Waals surface area contributed by atoms with Gasteiger partial charge in [-0.1, -0.05) is 26.5 Å². The number of hydrogen-bond donors (Lipinski definition) is 1. The van der Waals surface area contributed by atoms with Gasteiger partial charge in [-0.2, -0.15) is 0 Å². The van der Waals surface area contributed by atoms with E-state index in [0.717, 1.165) is 71.8 Å². The molecule has 0 saturated carbocycles.